The van der Waals surface area contributed by atoms with Gasteiger partial charge in [0.1, 0.15) is 12.2 Å². The van der Waals surface area contributed by atoms with Gasteiger partial charge < -0.3 is 38.8 Å². The van der Waals surface area contributed by atoms with Gasteiger partial charge in [0.2, 0.25) is 5.91 Å². The zero-order valence-electron chi connectivity index (χ0n) is 26.5. The molecular formula is C34H42ClN3O7. The van der Waals surface area contributed by atoms with E-state index in [2.05, 4.69) is 16.3 Å². The maximum atomic E-state index is 14.5. The number of nitrogens with one attached hydrogen (secondary N) is 1. The summed E-state index contributed by atoms with van der Waals surface area (Å²) < 4.78 is 30.0. The summed E-state index contributed by atoms with van der Waals surface area (Å²) in [5.41, 5.74) is 1.40. The van der Waals surface area contributed by atoms with E-state index >= 15 is 0 Å². The fraction of sp³-hybridized carbons (Fsp3) is 0.471. The molecule has 0 bridgehead atoms. The van der Waals surface area contributed by atoms with E-state index in [1.54, 1.807) is 37.3 Å². The molecule has 0 unspecified atom stereocenters. The lowest BCUT2D eigenvalue weighted by Crippen LogP contribution is -2.53. The fourth-order valence-corrected chi connectivity index (χ4v) is 5.91. The molecule has 2 aromatic carbocycles. The summed E-state index contributed by atoms with van der Waals surface area (Å²) in [6, 6.07) is 10.8. The number of fused-ring (bicyclic) bond motifs is 1. The quantitative estimate of drug-likeness (QED) is 0.394. The second-order valence-corrected chi connectivity index (χ2v) is 12.8. The number of nitrogens with zero attached hydrogens (tertiary/aromatic N) is 2. The molecule has 0 spiro atoms. The first kappa shape index (κ1) is 32.8. The number of hydrogen-bond donors (Lipinski definition) is 1. The molecule has 1 N–H and O–H groups in total. The number of methoxy groups -OCH3 is 2. The SMILES string of the molecule is COc1cccc([C@H]2O[C@H](CC(=O)NCCN3C=CC=CC3)C(=O)N(CC3(C)COC(C)(C)OC3)c3ccc(Cl)cc32)c1OC. The van der Waals surface area contributed by atoms with Crippen LogP contribution in [0.1, 0.15) is 44.4 Å². The summed E-state index contributed by atoms with van der Waals surface area (Å²) in [7, 11) is 3.11. The van der Waals surface area contributed by atoms with Crippen LogP contribution in [0.2, 0.25) is 5.02 Å². The predicted octanol–water partition coefficient (Wildman–Crippen LogP) is 4.86. The number of ether oxygens (including phenoxy) is 5. The van der Waals surface area contributed by atoms with Crippen LogP contribution in [0.15, 0.2) is 60.8 Å². The Bertz CT molecular complexity index is 1450. The molecule has 0 radical (unpaired) electrons. The highest BCUT2D eigenvalue weighted by atomic mass is 35.5. The Balaban J connectivity index is 1.49. The van der Waals surface area contributed by atoms with Gasteiger partial charge in [-0.1, -0.05) is 42.8 Å². The van der Waals surface area contributed by atoms with Gasteiger partial charge in [-0.05, 0) is 50.4 Å². The minimum Gasteiger partial charge on any atom is -0.493 e. The molecule has 1 saturated heterocycles. The average molecular weight is 640 g/mol. The molecular weight excluding hydrogens is 598 g/mol. The lowest BCUT2D eigenvalue weighted by Gasteiger charge is -2.43. The van der Waals surface area contributed by atoms with E-state index in [0.29, 0.717) is 59.6 Å². The van der Waals surface area contributed by atoms with Crippen LogP contribution in [0, 0.1) is 5.41 Å². The van der Waals surface area contributed by atoms with Gasteiger partial charge in [0.15, 0.2) is 17.3 Å². The van der Waals surface area contributed by atoms with Crippen LogP contribution in [-0.4, -0.2) is 82.2 Å². The van der Waals surface area contributed by atoms with Crippen molar-refractivity contribution in [2.24, 2.45) is 5.41 Å². The molecule has 2 amide bonds. The zero-order valence-corrected chi connectivity index (χ0v) is 27.3. The van der Waals surface area contributed by atoms with Gasteiger partial charge in [0, 0.05) is 53.4 Å². The maximum absolute atomic E-state index is 14.5. The van der Waals surface area contributed by atoms with E-state index in [1.807, 2.05) is 57.3 Å². The number of para-hydroxylation sites is 1. The smallest absolute Gasteiger partial charge is 0.256 e. The van der Waals surface area contributed by atoms with Crippen molar-refractivity contribution in [3.63, 3.8) is 0 Å². The van der Waals surface area contributed by atoms with Crippen molar-refractivity contribution in [3.05, 3.63) is 77.0 Å². The van der Waals surface area contributed by atoms with Crippen molar-refractivity contribution in [2.45, 2.75) is 45.2 Å². The van der Waals surface area contributed by atoms with Gasteiger partial charge in [-0.3, -0.25) is 9.59 Å². The van der Waals surface area contributed by atoms with E-state index in [9.17, 15) is 9.59 Å². The van der Waals surface area contributed by atoms with Gasteiger partial charge >= 0.3 is 0 Å². The number of rotatable bonds is 10. The Labute approximate surface area is 269 Å². The summed E-state index contributed by atoms with van der Waals surface area (Å²) in [6.45, 7) is 8.63. The summed E-state index contributed by atoms with van der Waals surface area (Å²) in [5, 5.41) is 3.44. The normalized spacial score (nSPS) is 22.0. The third-order valence-corrected chi connectivity index (χ3v) is 8.41. The van der Waals surface area contributed by atoms with Crippen LogP contribution in [0.3, 0.4) is 0 Å². The summed E-state index contributed by atoms with van der Waals surface area (Å²) in [6.07, 6.45) is 5.89. The highest BCUT2D eigenvalue weighted by Crippen LogP contribution is 2.46. The lowest BCUT2D eigenvalue weighted by molar-refractivity contribution is -0.280. The van der Waals surface area contributed by atoms with Gasteiger partial charge in [-0.15, -0.1) is 0 Å². The first-order valence-electron chi connectivity index (χ1n) is 15.1. The van der Waals surface area contributed by atoms with Crippen LogP contribution < -0.4 is 19.7 Å². The Morgan fingerprint density at radius 1 is 1.07 bits per heavy atom. The predicted molar refractivity (Wildman–Crippen MR) is 172 cm³/mol. The molecule has 5 rings (SSSR count). The lowest BCUT2D eigenvalue weighted by atomic mass is 9.89. The number of hydrogen-bond acceptors (Lipinski definition) is 8. The molecule has 11 heteroatoms. The Kier molecular flexibility index (Phi) is 10.1. The first-order valence-corrected chi connectivity index (χ1v) is 15.5. The minimum absolute atomic E-state index is 0.174. The largest absolute Gasteiger partial charge is 0.493 e. The molecule has 0 aliphatic carbocycles. The van der Waals surface area contributed by atoms with Gasteiger partial charge in [-0.2, -0.15) is 0 Å². The van der Waals surface area contributed by atoms with Crippen molar-refractivity contribution in [1.82, 2.24) is 10.2 Å². The van der Waals surface area contributed by atoms with Crippen LogP contribution in [0.5, 0.6) is 11.5 Å². The molecule has 45 heavy (non-hydrogen) atoms. The van der Waals surface area contributed by atoms with Crippen molar-refractivity contribution >= 4 is 29.1 Å². The van der Waals surface area contributed by atoms with Crippen LogP contribution >= 0.6 is 11.6 Å². The molecule has 1 fully saturated rings. The molecule has 3 aliphatic rings. The molecule has 10 nitrogen and oxygen atoms in total. The second kappa shape index (κ2) is 13.8. The minimum atomic E-state index is -1.11. The number of allylic oxidation sites excluding steroid dienone is 2. The third kappa shape index (κ3) is 7.64. The molecule has 0 saturated carbocycles. The van der Waals surface area contributed by atoms with E-state index in [-0.39, 0.29) is 24.8 Å². The molecule has 2 atom stereocenters. The summed E-state index contributed by atoms with van der Waals surface area (Å²) in [5.74, 6) is -0.369. The standard InChI is InChI=1S/C34H42ClN3O7/c1-33(2)43-21-34(3,22-44-33)20-38-26-13-12-23(35)18-25(26)30(24-10-9-11-27(41-4)31(24)42-5)45-28(32(38)40)19-29(39)36-14-17-37-15-7-6-8-16-37/h6-13,15,18,28,30H,14,16-17,19-22H2,1-5H3,(H,36,39)/t28-,30-/m1/s1. The Morgan fingerprint density at radius 2 is 1.84 bits per heavy atom. The average Bonchev–Trinajstić information content (AvgIpc) is 3.13. The molecule has 242 valence electrons. The molecule has 2 aromatic rings. The topological polar surface area (TPSA) is 98.8 Å². The number of halogens is 1. The van der Waals surface area contributed by atoms with Crippen molar-refractivity contribution in [1.29, 1.82) is 0 Å². The van der Waals surface area contributed by atoms with E-state index < -0.39 is 23.4 Å². The van der Waals surface area contributed by atoms with Crippen molar-refractivity contribution in [3.8, 4) is 11.5 Å². The fourth-order valence-electron chi connectivity index (χ4n) is 5.73. The van der Waals surface area contributed by atoms with Crippen LogP contribution in [0.25, 0.3) is 0 Å². The Hall–Kier alpha value is -3.57. The summed E-state index contributed by atoms with van der Waals surface area (Å²) >= 11 is 6.56. The first-order chi connectivity index (χ1) is 21.5. The number of carbonyl (C=O) groups is 2. The number of amides is 2. The van der Waals surface area contributed by atoms with Crippen LogP contribution in [0.4, 0.5) is 5.69 Å². The highest BCUT2D eigenvalue weighted by Gasteiger charge is 2.44. The summed E-state index contributed by atoms with van der Waals surface area (Å²) in [4.78, 5) is 31.6. The highest BCUT2D eigenvalue weighted by molar-refractivity contribution is 6.30. The van der Waals surface area contributed by atoms with Gasteiger partial charge in [-0.25, -0.2) is 0 Å². The van der Waals surface area contributed by atoms with Gasteiger partial charge in [0.25, 0.3) is 5.91 Å². The zero-order chi connectivity index (χ0) is 32.2. The van der Waals surface area contributed by atoms with Crippen molar-refractivity contribution in [2.75, 3.05) is 58.5 Å². The monoisotopic (exact) mass is 639 g/mol. The number of carbonyl (C=O) groups excluding carboxylic acids is 2. The maximum Gasteiger partial charge on any atom is 0.256 e. The number of benzene rings is 2. The molecule has 3 heterocycles. The van der Waals surface area contributed by atoms with Crippen LogP contribution in [-0.2, 0) is 23.8 Å². The second-order valence-electron chi connectivity index (χ2n) is 12.3. The molecule has 3 aliphatic heterocycles. The van der Waals surface area contributed by atoms with E-state index in [0.717, 1.165) is 6.54 Å². The Morgan fingerprint density at radius 3 is 2.53 bits per heavy atom. The molecule has 0 aromatic heterocycles. The van der Waals surface area contributed by atoms with Crippen molar-refractivity contribution < 1.29 is 33.3 Å². The number of anilines is 1. The van der Waals surface area contributed by atoms with Gasteiger partial charge in [0.05, 0.1) is 33.9 Å². The third-order valence-electron chi connectivity index (χ3n) is 8.17. The van der Waals surface area contributed by atoms with E-state index in [4.69, 9.17) is 35.3 Å². The van der Waals surface area contributed by atoms with E-state index in [1.165, 1.54) is 0 Å².